The average Bonchev–Trinajstić information content (AvgIpc) is 2.42. The van der Waals surface area contributed by atoms with Crippen molar-refractivity contribution < 1.29 is 5.11 Å². The minimum Gasteiger partial charge on any atom is -0.396 e. The maximum Gasteiger partial charge on any atom is 0.148 e. The van der Waals surface area contributed by atoms with Crippen LogP contribution in [0.25, 0.3) is 0 Å². The van der Waals surface area contributed by atoms with Gasteiger partial charge in [0.05, 0.1) is 11.4 Å². The van der Waals surface area contributed by atoms with Crippen LogP contribution >= 0.6 is 0 Å². The minimum atomic E-state index is 0.0490. The van der Waals surface area contributed by atoms with Gasteiger partial charge in [-0.15, -0.1) is 0 Å². The molecule has 0 aliphatic rings. The number of anilines is 2. The molecule has 0 fully saturated rings. The molecule has 5 heteroatoms. The Labute approximate surface area is 103 Å². The van der Waals surface area contributed by atoms with Crippen LogP contribution in [-0.2, 0) is 7.05 Å². The monoisotopic (exact) mass is 240 g/mol. The molecule has 1 heterocycles. The summed E-state index contributed by atoms with van der Waals surface area (Å²) in [7, 11) is 1.87. The Kier molecular flexibility index (Phi) is 4.03. The summed E-state index contributed by atoms with van der Waals surface area (Å²) in [6.07, 6.45) is 0.688. The molecule has 1 aromatic rings. The molecule has 17 heavy (non-hydrogen) atoms. The Bertz CT molecular complexity index is 379. The Morgan fingerprint density at radius 3 is 2.41 bits per heavy atom. The van der Waals surface area contributed by atoms with Crippen LogP contribution in [0.5, 0.6) is 0 Å². The molecule has 0 spiro atoms. The molecule has 1 atom stereocenters. The molecule has 1 unspecified atom stereocenters. The topological polar surface area (TPSA) is 76.1 Å². The number of aryl methyl sites for hydroxylation is 2. The first-order chi connectivity index (χ1) is 7.77. The molecule has 0 radical (unpaired) electrons. The smallest absolute Gasteiger partial charge is 0.148 e. The lowest BCUT2D eigenvalue weighted by molar-refractivity contribution is 0.235. The quantitative estimate of drug-likeness (QED) is 0.746. The van der Waals surface area contributed by atoms with Crippen molar-refractivity contribution in [1.29, 1.82) is 0 Å². The fourth-order valence-corrected chi connectivity index (χ4v) is 1.86. The van der Waals surface area contributed by atoms with E-state index in [9.17, 15) is 0 Å². The van der Waals surface area contributed by atoms with Gasteiger partial charge in [0.25, 0.3) is 0 Å². The van der Waals surface area contributed by atoms with Crippen molar-refractivity contribution in [3.05, 3.63) is 5.69 Å². The second kappa shape index (κ2) is 4.96. The van der Waals surface area contributed by atoms with E-state index in [0.717, 1.165) is 11.5 Å². The molecular formula is C12H24N4O. The molecule has 0 aliphatic carbocycles. The van der Waals surface area contributed by atoms with E-state index in [1.165, 1.54) is 0 Å². The van der Waals surface area contributed by atoms with Crippen LogP contribution in [0.1, 0.15) is 32.9 Å². The van der Waals surface area contributed by atoms with E-state index in [1.807, 2.05) is 14.0 Å². The molecule has 0 bridgehead atoms. The van der Waals surface area contributed by atoms with Gasteiger partial charge in [-0.25, -0.2) is 0 Å². The van der Waals surface area contributed by atoms with E-state index in [2.05, 4.69) is 31.2 Å². The number of hydrogen-bond donors (Lipinski definition) is 3. The molecule has 4 N–H and O–H groups in total. The summed E-state index contributed by atoms with van der Waals surface area (Å²) in [4.78, 5) is 0. The van der Waals surface area contributed by atoms with Crippen molar-refractivity contribution in [3.8, 4) is 0 Å². The third-order valence-electron chi connectivity index (χ3n) is 3.04. The van der Waals surface area contributed by atoms with E-state index in [1.54, 1.807) is 4.68 Å². The fourth-order valence-electron chi connectivity index (χ4n) is 1.86. The first-order valence-corrected chi connectivity index (χ1v) is 5.93. The first-order valence-electron chi connectivity index (χ1n) is 5.93. The summed E-state index contributed by atoms with van der Waals surface area (Å²) in [5, 5.41) is 16.8. The summed E-state index contributed by atoms with van der Waals surface area (Å²) >= 11 is 0. The van der Waals surface area contributed by atoms with Crippen molar-refractivity contribution in [3.63, 3.8) is 0 Å². The fraction of sp³-hybridized carbons (Fsp3) is 0.750. The molecule has 98 valence electrons. The van der Waals surface area contributed by atoms with Gasteiger partial charge in [0, 0.05) is 19.7 Å². The van der Waals surface area contributed by atoms with Gasteiger partial charge in [0.1, 0.15) is 5.82 Å². The zero-order valence-corrected chi connectivity index (χ0v) is 11.4. The second-order valence-electron chi connectivity index (χ2n) is 5.55. The van der Waals surface area contributed by atoms with Gasteiger partial charge in [-0.3, -0.25) is 4.68 Å². The number of rotatable bonds is 4. The zero-order chi connectivity index (χ0) is 13.2. The lowest BCUT2D eigenvalue weighted by Crippen LogP contribution is -2.35. The SMILES string of the molecule is Cc1nn(C)c(NC(CCO)C(C)(C)C)c1N. The number of nitrogen functional groups attached to an aromatic ring is 1. The van der Waals surface area contributed by atoms with Crippen LogP contribution in [0.15, 0.2) is 0 Å². The number of aliphatic hydroxyl groups is 1. The summed E-state index contributed by atoms with van der Waals surface area (Å²) in [6.45, 7) is 8.46. The standard InChI is InChI=1S/C12H24N4O/c1-8-10(13)11(16(5)15-8)14-9(6-7-17)12(2,3)4/h9,14,17H,6-7,13H2,1-5H3. The zero-order valence-electron chi connectivity index (χ0n) is 11.4. The van der Waals surface area contributed by atoms with E-state index in [-0.39, 0.29) is 18.1 Å². The second-order valence-corrected chi connectivity index (χ2v) is 5.55. The van der Waals surface area contributed by atoms with Gasteiger partial charge >= 0.3 is 0 Å². The number of aliphatic hydroxyl groups excluding tert-OH is 1. The third kappa shape index (κ3) is 3.12. The Morgan fingerprint density at radius 1 is 1.47 bits per heavy atom. The summed E-state index contributed by atoms with van der Waals surface area (Å²) < 4.78 is 1.75. The maximum atomic E-state index is 9.13. The van der Waals surface area contributed by atoms with Crippen LogP contribution in [0.3, 0.4) is 0 Å². The number of nitrogens with two attached hydrogens (primary N) is 1. The van der Waals surface area contributed by atoms with Crippen LogP contribution in [0, 0.1) is 12.3 Å². The lowest BCUT2D eigenvalue weighted by Gasteiger charge is -2.32. The molecule has 0 amide bonds. The van der Waals surface area contributed by atoms with Crippen molar-refractivity contribution in [1.82, 2.24) is 9.78 Å². The molecule has 1 aromatic heterocycles. The summed E-state index contributed by atoms with van der Waals surface area (Å²) in [5.74, 6) is 0.830. The van der Waals surface area contributed by atoms with E-state index >= 15 is 0 Å². The van der Waals surface area contributed by atoms with Crippen LogP contribution in [0.4, 0.5) is 11.5 Å². The molecule has 0 aromatic carbocycles. The van der Waals surface area contributed by atoms with E-state index in [4.69, 9.17) is 10.8 Å². The maximum absolute atomic E-state index is 9.13. The van der Waals surface area contributed by atoms with E-state index in [0.29, 0.717) is 12.1 Å². The molecule has 5 nitrogen and oxygen atoms in total. The Balaban J connectivity index is 2.94. The first kappa shape index (κ1) is 13.8. The Hall–Kier alpha value is -1.23. The molecule has 0 aliphatic heterocycles. The summed E-state index contributed by atoms with van der Waals surface area (Å²) in [6, 6.07) is 0.157. The highest BCUT2D eigenvalue weighted by Gasteiger charge is 2.26. The van der Waals surface area contributed by atoms with Gasteiger partial charge < -0.3 is 16.2 Å². The Morgan fingerprint density at radius 2 is 2.06 bits per heavy atom. The number of hydrogen-bond acceptors (Lipinski definition) is 4. The molecule has 1 rings (SSSR count). The van der Waals surface area contributed by atoms with Crippen LogP contribution in [0.2, 0.25) is 0 Å². The minimum absolute atomic E-state index is 0.0490. The number of nitrogens with one attached hydrogen (secondary N) is 1. The van der Waals surface area contributed by atoms with Crippen LogP contribution in [-0.4, -0.2) is 27.5 Å². The molecule has 0 saturated heterocycles. The van der Waals surface area contributed by atoms with Crippen molar-refractivity contribution in [2.75, 3.05) is 17.7 Å². The largest absolute Gasteiger partial charge is 0.396 e. The number of aromatic nitrogens is 2. The van der Waals surface area contributed by atoms with Gasteiger partial charge in [-0.1, -0.05) is 20.8 Å². The van der Waals surface area contributed by atoms with E-state index < -0.39 is 0 Å². The molecule has 0 saturated carbocycles. The van der Waals surface area contributed by atoms with Crippen molar-refractivity contribution >= 4 is 11.5 Å². The normalized spacial score (nSPS) is 13.8. The highest BCUT2D eigenvalue weighted by Crippen LogP contribution is 2.29. The lowest BCUT2D eigenvalue weighted by atomic mass is 9.85. The van der Waals surface area contributed by atoms with Gasteiger partial charge in [-0.2, -0.15) is 5.10 Å². The van der Waals surface area contributed by atoms with Crippen molar-refractivity contribution in [2.24, 2.45) is 12.5 Å². The van der Waals surface area contributed by atoms with Gasteiger partial charge in [0.15, 0.2) is 0 Å². The third-order valence-corrected chi connectivity index (χ3v) is 3.04. The predicted octanol–water partition coefficient (Wildman–Crippen LogP) is 1.52. The van der Waals surface area contributed by atoms with Gasteiger partial charge in [0.2, 0.25) is 0 Å². The highest BCUT2D eigenvalue weighted by molar-refractivity contribution is 5.65. The predicted molar refractivity (Wildman–Crippen MR) is 70.9 cm³/mol. The molecular weight excluding hydrogens is 216 g/mol. The highest BCUT2D eigenvalue weighted by atomic mass is 16.3. The van der Waals surface area contributed by atoms with Gasteiger partial charge in [-0.05, 0) is 18.8 Å². The van der Waals surface area contributed by atoms with Crippen LogP contribution < -0.4 is 11.1 Å². The summed E-state index contributed by atoms with van der Waals surface area (Å²) in [5.41, 5.74) is 7.54. The number of nitrogens with zero attached hydrogens (tertiary/aromatic N) is 2. The van der Waals surface area contributed by atoms with Crippen molar-refractivity contribution in [2.45, 2.75) is 40.2 Å². The average molecular weight is 240 g/mol.